The van der Waals surface area contributed by atoms with Crippen molar-refractivity contribution in [3.8, 4) is 0 Å². The SMILES string of the molecule is C=CS(=O)(=O)NC[C@H]1CCN(S(=O)(=O)c2ccc(C(=O)N(CC(=O)N(C)C)Cc3ccc(C(F)(F)F)cn3)cc2)C1. The van der Waals surface area contributed by atoms with Crippen LogP contribution in [0.4, 0.5) is 13.2 Å². The molecule has 0 spiro atoms. The molecule has 41 heavy (non-hydrogen) atoms. The standard InChI is InChI=1S/C25H30F3N5O6S2/c1-4-40(36,37)30-13-18-11-12-33(15-18)41(38,39)22-9-5-19(6-10-22)24(35)32(17-23(34)31(2)3)16-21-8-7-20(14-29-21)25(26,27)28/h4-10,14,18,30H,1,11-13,15-17H2,2-3H3/t18-/m1/s1. The number of amides is 2. The summed E-state index contributed by atoms with van der Waals surface area (Å²) < 4.78 is 91.7. The van der Waals surface area contributed by atoms with Gasteiger partial charge in [-0.15, -0.1) is 0 Å². The first-order chi connectivity index (χ1) is 19.0. The lowest BCUT2D eigenvalue weighted by atomic mass is 10.1. The lowest BCUT2D eigenvalue weighted by Gasteiger charge is -2.24. The fourth-order valence-corrected chi connectivity index (χ4v) is 6.08. The molecule has 0 bridgehead atoms. The number of benzene rings is 1. The summed E-state index contributed by atoms with van der Waals surface area (Å²) in [6.07, 6.45) is -3.49. The molecule has 0 aliphatic carbocycles. The summed E-state index contributed by atoms with van der Waals surface area (Å²) in [5, 5.41) is 0.775. The molecule has 1 saturated heterocycles. The molecule has 2 aromatic rings. The monoisotopic (exact) mass is 617 g/mol. The largest absolute Gasteiger partial charge is 0.417 e. The van der Waals surface area contributed by atoms with E-state index in [1.165, 1.54) is 47.6 Å². The van der Waals surface area contributed by atoms with E-state index in [0.717, 1.165) is 22.4 Å². The van der Waals surface area contributed by atoms with Gasteiger partial charge in [-0.25, -0.2) is 21.6 Å². The molecule has 3 rings (SSSR count). The second-order valence-electron chi connectivity index (χ2n) is 9.59. The van der Waals surface area contributed by atoms with Gasteiger partial charge in [0, 0.05) is 50.9 Å². The molecule has 1 aliphatic heterocycles. The van der Waals surface area contributed by atoms with Gasteiger partial charge in [-0.05, 0) is 48.7 Å². The molecule has 16 heteroatoms. The Labute approximate surface area is 236 Å². The Bertz CT molecular complexity index is 1480. The molecule has 224 valence electrons. The summed E-state index contributed by atoms with van der Waals surface area (Å²) in [5.41, 5.74) is -0.778. The third-order valence-corrected chi connectivity index (χ3v) is 9.28. The lowest BCUT2D eigenvalue weighted by molar-refractivity contribution is -0.137. The molecule has 1 atom stereocenters. The Morgan fingerprint density at radius 3 is 2.32 bits per heavy atom. The van der Waals surface area contributed by atoms with Crippen LogP contribution in [0.15, 0.2) is 59.5 Å². The van der Waals surface area contributed by atoms with Gasteiger partial charge < -0.3 is 9.80 Å². The number of alkyl halides is 3. The maximum Gasteiger partial charge on any atom is 0.417 e. The van der Waals surface area contributed by atoms with Crippen molar-refractivity contribution in [3.63, 3.8) is 0 Å². The van der Waals surface area contributed by atoms with Crippen molar-refractivity contribution in [2.75, 3.05) is 40.3 Å². The topological polar surface area (TPSA) is 137 Å². The minimum Gasteiger partial charge on any atom is -0.347 e. The lowest BCUT2D eigenvalue weighted by Crippen LogP contribution is -2.40. The van der Waals surface area contributed by atoms with Gasteiger partial charge in [-0.1, -0.05) is 6.58 Å². The highest BCUT2D eigenvalue weighted by Crippen LogP contribution is 2.29. The second-order valence-corrected chi connectivity index (χ2v) is 13.2. The number of hydrogen-bond acceptors (Lipinski definition) is 7. The minimum absolute atomic E-state index is 0.0561. The number of pyridine rings is 1. The van der Waals surface area contributed by atoms with Crippen molar-refractivity contribution < 1.29 is 39.6 Å². The molecule has 2 amide bonds. The molecular formula is C25H30F3N5O6S2. The number of carbonyl (C=O) groups excluding carboxylic acids is 2. The van der Waals surface area contributed by atoms with E-state index in [-0.39, 0.29) is 54.8 Å². The zero-order chi connectivity index (χ0) is 30.6. The van der Waals surface area contributed by atoms with Crippen molar-refractivity contribution in [2.24, 2.45) is 5.92 Å². The summed E-state index contributed by atoms with van der Waals surface area (Å²) >= 11 is 0. The van der Waals surface area contributed by atoms with Crippen LogP contribution in [0.25, 0.3) is 0 Å². The predicted molar refractivity (Wildman–Crippen MR) is 143 cm³/mol. The van der Waals surface area contributed by atoms with Crippen LogP contribution in [0.5, 0.6) is 0 Å². The normalized spacial score (nSPS) is 16.4. The van der Waals surface area contributed by atoms with Gasteiger partial charge in [0.05, 0.1) is 22.7 Å². The van der Waals surface area contributed by atoms with Crippen LogP contribution in [0.2, 0.25) is 0 Å². The van der Waals surface area contributed by atoms with Gasteiger partial charge >= 0.3 is 6.18 Å². The average molecular weight is 618 g/mol. The number of rotatable bonds is 11. The number of halogens is 3. The molecule has 0 radical (unpaired) electrons. The van der Waals surface area contributed by atoms with E-state index in [4.69, 9.17) is 0 Å². The fraction of sp³-hybridized carbons (Fsp3) is 0.400. The second kappa shape index (κ2) is 12.7. The van der Waals surface area contributed by atoms with Gasteiger partial charge in [0.25, 0.3) is 5.91 Å². The molecule has 1 aromatic carbocycles. The quantitative estimate of drug-likeness (QED) is 0.407. The molecular weight excluding hydrogens is 587 g/mol. The molecule has 1 fully saturated rings. The van der Waals surface area contributed by atoms with Gasteiger partial charge in [-0.3, -0.25) is 14.6 Å². The van der Waals surface area contributed by atoms with Crippen molar-refractivity contribution >= 4 is 31.9 Å². The Morgan fingerprint density at radius 2 is 1.78 bits per heavy atom. The summed E-state index contributed by atoms with van der Waals surface area (Å²) in [6.45, 7) is 2.90. The fourth-order valence-electron chi connectivity index (χ4n) is 3.96. The Hall–Kier alpha value is -3.34. The molecule has 1 aliphatic rings. The van der Waals surface area contributed by atoms with Gasteiger partial charge in [0.15, 0.2) is 0 Å². The molecule has 1 N–H and O–H groups in total. The van der Waals surface area contributed by atoms with Crippen molar-refractivity contribution in [1.29, 1.82) is 0 Å². The van der Waals surface area contributed by atoms with Crippen LogP contribution in [-0.4, -0.2) is 88.0 Å². The molecule has 11 nitrogen and oxygen atoms in total. The molecule has 0 unspecified atom stereocenters. The summed E-state index contributed by atoms with van der Waals surface area (Å²) in [4.78, 5) is 31.7. The maximum atomic E-state index is 13.3. The molecule has 2 heterocycles. The summed E-state index contributed by atoms with van der Waals surface area (Å²) in [7, 11) is -4.61. The third kappa shape index (κ3) is 8.34. The van der Waals surface area contributed by atoms with E-state index < -0.39 is 43.6 Å². The number of nitrogens with zero attached hydrogens (tertiary/aromatic N) is 4. The zero-order valence-electron chi connectivity index (χ0n) is 22.3. The van der Waals surface area contributed by atoms with Gasteiger partial charge in [0.1, 0.15) is 6.54 Å². The third-order valence-electron chi connectivity index (χ3n) is 6.40. The number of hydrogen-bond donors (Lipinski definition) is 1. The van der Waals surface area contributed by atoms with Gasteiger partial charge in [0.2, 0.25) is 26.0 Å². The number of sulfonamides is 2. The first-order valence-corrected chi connectivity index (χ1v) is 15.3. The molecule has 1 aromatic heterocycles. The van der Waals surface area contributed by atoms with E-state index in [2.05, 4.69) is 16.3 Å². The number of nitrogens with one attached hydrogen (secondary N) is 1. The van der Waals surface area contributed by atoms with Crippen LogP contribution in [0.1, 0.15) is 28.0 Å². The van der Waals surface area contributed by atoms with Crippen molar-refractivity contribution in [2.45, 2.75) is 24.0 Å². The zero-order valence-corrected chi connectivity index (χ0v) is 24.0. The van der Waals surface area contributed by atoms with E-state index >= 15 is 0 Å². The Kier molecular flexibility index (Phi) is 9.94. The minimum atomic E-state index is -4.58. The van der Waals surface area contributed by atoms with E-state index in [1.807, 2.05) is 0 Å². The Morgan fingerprint density at radius 1 is 1.12 bits per heavy atom. The van der Waals surface area contributed by atoms with Crippen LogP contribution in [0.3, 0.4) is 0 Å². The van der Waals surface area contributed by atoms with E-state index in [1.54, 1.807) is 0 Å². The first kappa shape index (κ1) is 32.2. The highest BCUT2D eigenvalue weighted by Gasteiger charge is 2.33. The highest BCUT2D eigenvalue weighted by atomic mass is 32.2. The summed E-state index contributed by atoms with van der Waals surface area (Å²) in [5.74, 6) is -1.33. The van der Waals surface area contributed by atoms with Crippen LogP contribution in [-0.2, 0) is 37.6 Å². The molecule has 0 saturated carbocycles. The Balaban J connectivity index is 1.75. The van der Waals surface area contributed by atoms with Crippen LogP contribution in [0, 0.1) is 5.92 Å². The first-order valence-electron chi connectivity index (χ1n) is 12.3. The predicted octanol–water partition coefficient (Wildman–Crippen LogP) is 1.90. The smallest absolute Gasteiger partial charge is 0.347 e. The van der Waals surface area contributed by atoms with Crippen LogP contribution >= 0.6 is 0 Å². The van der Waals surface area contributed by atoms with Crippen LogP contribution < -0.4 is 4.72 Å². The van der Waals surface area contributed by atoms with E-state index in [9.17, 15) is 39.6 Å². The summed E-state index contributed by atoms with van der Waals surface area (Å²) in [6, 6.07) is 7.01. The highest BCUT2D eigenvalue weighted by molar-refractivity contribution is 7.92. The average Bonchev–Trinajstić information content (AvgIpc) is 3.41. The number of aromatic nitrogens is 1. The van der Waals surface area contributed by atoms with Gasteiger partial charge in [-0.2, -0.15) is 17.5 Å². The van der Waals surface area contributed by atoms with Crippen molar-refractivity contribution in [1.82, 2.24) is 23.8 Å². The number of carbonyl (C=O) groups is 2. The van der Waals surface area contributed by atoms with Crippen molar-refractivity contribution in [3.05, 3.63) is 71.4 Å². The number of likely N-dealkylation sites (N-methyl/N-ethyl adjacent to an activating group) is 1. The van der Waals surface area contributed by atoms with E-state index in [0.29, 0.717) is 12.6 Å². The maximum absolute atomic E-state index is 13.3.